The Labute approximate surface area is 111 Å². The van der Waals surface area contributed by atoms with Gasteiger partial charge in [-0.25, -0.2) is 8.78 Å². The van der Waals surface area contributed by atoms with Gasteiger partial charge in [-0.15, -0.1) is 0 Å². The van der Waals surface area contributed by atoms with Crippen LogP contribution >= 0.6 is 0 Å². The number of carbonyl (C=O) groups is 1. The first-order chi connectivity index (χ1) is 9.52. The number of hydrogen-bond donors (Lipinski definition) is 0. The second-order valence-electron chi connectivity index (χ2n) is 3.75. The number of rotatable bonds is 4. The number of nitro benzene ring substituents is 1. The molecule has 0 atom stereocenters. The van der Waals surface area contributed by atoms with Gasteiger partial charge < -0.3 is 4.74 Å². The molecule has 0 radical (unpaired) electrons. The average molecular weight is 279 g/mol. The van der Waals surface area contributed by atoms with E-state index in [9.17, 15) is 23.7 Å². The monoisotopic (exact) mass is 279 g/mol. The van der Waals surface area contributed by atoms with Crippen LogP contribution in [0.25, 0.3) is 0 Å². The summed E-state index contributed by atoms with van der Waals surface area (Å²) in [5, 5.41) is 10.8. The lowest BCUT2D eigenvalue weighted by atomic mass is 10.2. The Morgan fingerprint density at radius 3 is 2.50 bits per heavy atom. The molecule has 0 aliphatic carbocycles. The molecule has 0 N–H and O–H groups in total. The summed E-state index contributed by atoms with van der Waals surface area (Å²) in [6.45, 7) is 0. The van der Waals surface area contributed by atoms with Gasteiger partial charge in [-0.05, 0) is 24.3 Å². The lowest BCUT2D eigenvalue weighted by Crippen LogP contribution is -1.97. The van der Waals surface area contributed by atoms with Gasteiger partial charge in [0.25, 0.3) is 0 Å². The van der Waals surface area contributed by atoms with Gasteiger partial charge in [0.2, 0.25) is 5.75 Å². The highest BCUT2D eigenvalue weighted by atomic mass is 19.1. The molecule has 0 heterocycles. The Hall–Kier alpha value is -2.83. The summed E-state index contributed by atoms with van der Waals surface area (Å²) in [6, 6.07) is 6.37. The van der Waals surface area contributed by atoms with Gasteiger partial charge in [0, 0.05) is 11.6 Å². The van der Waals surface area contributed by atoms with E-state index in [0.29, 0.717) is 6.29 Å². The van der Waals surface area contributed by atoms with Gasteiger partial charge >= 0.3 is 5.69 Å². The van der Waals surface area contributed by atoms with E-state index in [-0.39, 0.29) is 5.56 Å². The van der Waals surface area contributed by atoms with E-state index in [0.717, 1.165) is 30.3 Å². The molecule has 0 amide bonds. The lowest BCUT2D eigenvalue weighted by Gasteiger charge is -2.08. The largest absolute Gasteiger partial charge is 0.444 e. The van der Waals surface area contributed by atoms with Crippen molar-refractivity contribution in [3.8, 4) is 11.5 Å². The molecule has 0 fully saturated rings. The molecule has 0 aromatic heterocycles. The van der Waals surface area contributed by atoms with Crippen LogP contribution in [0.2, 0.25) is 0 Å². The molecule has 2 aromatic rings. The van der Waals surface area contributed by atoms with Crippen LogP contribution in [0, 0.1) is 21.7 Å². The summed E-state index contributed by atoms with van der Waals surface area (Å²) in [6.07, 6.45) is 0.429. The van der Waals surface area contributed by atoms with E-state index < -0.39 is 33.7 Å². The zero-order chi connectivity index (χ0) is 14.7. The normalized spacial score (nSPS) is 10.1. The Morgan fingerprint density at radius 2 is 1.90 bits per heavy atom. The van der Waals surface area contributed by atoms with Crippen molar-refractivity contribution < 1.29 is 23.2 Å². The molecule has 102 valence electrons. The van der Waals surface area contributed by atoms with Crippen LogP contribution in [0.15, 0.2) is 36.4 Å². The van der Waals surface area contributed by atoms with Crippen LogP contribution in [0.3, 0.4) is 0 Å². The predicted molar refractivity (Wildman–Crippen MR) is 64.9 cm³/mol. The molecular weight excluding hydrogens is 272 g/mol. The number of nitrogens with zero attached hydrogens (tertiary/aromatic N) is 1. The van der Waals surface area contributed by atoms with Gasteiger partial charge in [-0.3, -0.25) is 14.9 Å². The first-order valence-electron chi connectivity index (χ1n) is 5.38. The standard InChI is InChI=1S/C13H7F2NO4/c14-9-2-1-3-11(16(18)19)13(9)20-12-5-4-8(7-17)6-10(12)15/h1-7H. The van der Waals surface area contributed by atoms with Crippen LogP contribution in [0.4, 0.5) is 14.5 Å². The molecule has 0 aliphatic rings. The Bertz CT molecular complexity index is 688. The van der Waals surface area contributed by atoms with Crippen molar-refractivity contribution in [2.45, 2.75) is 0 Å². The fourth-order valence-corrected chi connectivity index (χ4v) is 1.53. The zero-order valence-corrected chi connectivity index (χ0v) is 9.88. The average Bonchev–Trinajstić information content (AvgIpc) is 2.42. The van der Waals surface area contributed by atoms with Crippen molar-refractivity contribution in [3.63, 3.8) is 0 Å². The van der Waals surface area contributed by atoms with Gasteiger partial charge in [-0.2, -0.15) is 0 Å². The molecule has 0 spiro atoms. The lowest BCUT2D eigenvalue weighted by molar-refractivity contribution is -0.385. The third kappa shape index (κ3) is 2.61. The maximum Gasteiger partial charge on any atom is 0.314 e. The van der Waals surface area contributed by atoms with E-state index in [1.807, 2.05) is 0 Å². The fraction of sp³-hybridized carbons (Fsp3) is 0. The summed E-state index contributed by atoms with van der Waals surface area (Å²) in [5.41, 5.74) is -0.554. The Kier molecular flexibility index (Phi) is 3.69. The van der Waals surface area contributed by atoms with E-state index in [4.69, 9.17) is 4.74 Å². The maximum absolute atomic E-state index is 13.6. The van der Waals surface area contributed by atoms with Gasteiger partial charge in [0.05, 0.1) is 4.92 Å². The van der Waals surface area contributed by atoms with Crippen molar-refractivity contribution in [1.29, 1.82) is 0 Å². The number of para-hydroxylation sites is 1. The second-order valence-corrected chi connectivity index (χ2v) is 3.75. The van der Waals surface area contributed by atoms with Gasteiger partial charge in [-0.1, -0.05) is 6.07 Å². The molecule has 0 saturated heterocycles. The minimum atomic E-state index is -0.988. The van der Waals surface area contributed by atoms with E-state index >= 15 is 0 Å². The molecule has 0 unspecified atom stereocenters. The van der Waals surface area contributed by atoms with Crippen LogP contribution in [-0.2, 0) is 0 Å². The first kappa shape index (κ1) is 13.6. The van der Waals surface area contributed by atoms with E-state index in [1.165, 1.54) is 6.07 Å². The fourth-order valence-electron chi connectivity index (χ4n) is 1.53. The van der Waals surface area contributed by atoms with Crippen molar-refractivity contribution >= 4 is 12.0 Å². The smallest absolute Gasteiger partial charge is 0.314 e. The van der Waals surface area contributed by atoms with Crippen molar-refractivity contribution in [2.75, 3.05) is 0 Å². The summed E-state index contributed by atoms with van der Waals surface area (Å²) in [7, 11) is 0. The molecule has 2 rings (SSSR count). The number of nitro groups is 1. The first-order valence-corrected chi connectivity index (χ1v) is 5.38. The van der Waals surface area contributed by atoms with Crippen LogP contribution in [-0.4, -0.2) is 11.2 Å². The quantitative estimate of drug-likeness (QED) is 0.488. The SMILES string of the molecule is O=Cc1ccc(Oc2c(F)cccc2[N+](=O)[O-])c(F)c1. The number of ether oxygens (including phenoxy) is 1. The highest BCUT2D eigenvalue weighted by molar-refractivity contribution is 5.75. The van der Waals surface area contributed by atoms with E-state index in [1.54, 1.807) is 0 Å². The summed E-state index contributed by atoms with van der Waals surface area (Å²) < 4.78 is 32.1. The van der Waals surface area contributed by atoms with Crippen LogP contribution in [0.1, 0.15) is 10.4 Å². The molecule has 2 aromatic carbocycles. The molecule has 0 saturated carbocycles. The van der Waals surface area contributed by atoms with Gasteiger partial charge in [0.15, 0.2) is 17.4 Å². The van der Waals surface area contributed by atoms with Crippen LogP contribution < -0.4 is 4.74 Å². The van der Waals surface area contributed by atoms with E-state index in [2.05, 4.69) is 0 Å². The summed E-state index contributed by atoms with van der Waals surface area (Å²) in [4.78, 5) is 20.4. The Morgan fingerprint density at radius 1 is 1.15 bits per heavy atom. The zero-order valence-electron chi connectivity index (χ0n) is 9.88. The highest BCUT2D eigenvalue weighted by Crippen LogP contribution is 2.34. The summed E-state index contributed by atoms with van der Waals surface area (Å²) >= 11 is 0. The molecular formula is C13H7F2NO4. The number of benzene rings is 2. The molecule has 7 heteroatoms. The van der Waals surface area contributed by atoms with Crippen molar-refractivity contribution in [3.05, 3.63) is 63.7 Å². The van der Waals surface area contributed by atoms with Gasteiger partial charge in [0.1, 0.15) is 6.29 Å². The van der Waals surface area contributed by atoms with Crippen molar-refractivity contribution in [1.82, 2.24) is 0 Å². The minimum Gasteiger partial charge on any atom is -0.444 e. The third-order valence-corrected chi connectivity index (χ3v) is 2.45. The summed E-state index contributed by atoms with van der Waals surface area (Å²) in [5.74, 6) is -3.01. The highest BCUT2D eigenvalue weighted by Gasteiger charge is 2.21. The van der Waals surface area contributed by atoms with Crippen LogP contribution in [0.5, 0.6) is 11.5 Å². The molecule has 0 aliphatic heterocycles. The topological polar surface area (TPSA) is 69.4 Å². The molecule has 0 bridgehead atoms. The molecule has 5 nitrogen and oxygen atoms in total. The number of carbonyl (C=O) groups excluding carboxylic acids is 1. The second kappa shape index (κ2) is 5.43. The maximum atomic E-state index is 13.6. The number of aldehydes is 1. The third-order valence-electron chi connectivity index (χ3n) is 2.45. The number of hydrogen-bond acceptors (Lipinski definition) is 4. The van der Waals surface area contributed by atoms with Crippen molar-refractivity contribution in [2.24, 2.45) is 0 Å². The predicted octanol–water partition coefficient (Wildman–Crippen LogP) is 3.48. The minimum absolute atomic E-state index is 0.0675. The molecule has 20 heavy (non-hydrogen) atoms. The Balaban J connectivity index is 2.44. The number of halogens is 2.